The molecular weight excluding hydrogens is 1140 g/mol. The second-order valence-electron chi connectivity index (χ2n) is 21.9. The van der Waals surface area contributed by atoms with Gasteiger partial charge >= 0.3 is 0 Å². The minimum Gasteiger partial charge on any atom is -0.278 e. The van der Waals surface area contributed by atoms with E-state index in [4.69, 9.17) is 38.0 Å². The van der Waals surface area contributed by atoms with Crippen molar-refractivity contribution in [2.24, 2.45) is 0 Å². The number of fused-ring (bicyclic) bond motifs is 20. The van der Waals surface area contributed by atoms with Gasteiger partial charge in [-0.3, -0.25) is 4.57 Å². The van der Waals surface area contributed by atoms with Crippen molar-refractivity contribution in [1.29, 1.82) is 0 Å². The molecule has 0 spiro atoms. The lowest BCUT2D eigenvalue weighted by molar-refractivity contribution is 1.02. The van der Waals surface area contributed by atoms with Crippen LogP contribution in [0.3, 0.4) is 0 Å². The third-order valence-corrected chi connectivity index (χ3v) is 19.2. The Balaban J connectivity index is 0.000000123. The van der Waals surface area contributed by atoms with Crippen LogP contribution in [0.1, 0.15) is 30.3 Å². The van der Waals surface area contributed by atoms with Crippen molar-refractivity contribution < 1.29 is 19.2 Å². The number of aromatic nitrogens is 5. The van der Waals surface area contributed by atoms with Crippen LogP contribution in [0.5, 0.6) is 0 Å². The molecule has 0 unspecified atom stereocenters. The van der Waals surface area contributed by atoms with Gasteiger partial charge in [0.2, 0.25) is 11.2 Å². The van der Waals surface area contributed by atoms with E-state index in [0.29, 0.717) is 26.4 Å². The van der Waals surface area contributed by atoms with Crippen LogP contribution in [-0.2, 0) is 6.42 Å². The molecule has 5 nitrogen and oxygen atoms in total. The third kappa shape index (κ3) is 8.64. The first-order valence-electron chi connectivity index (χ1n) is 35.8. The van der Waals surface area contributed by atoms with Crippen molar-refractivity contribution in [3.05, 3.63) is 295 Å². The molecule has 0 fully saturated rings. The molecule has 0 saturated carbocycles. The summed E-state index contributed by atoms with van der Waals surface area (Å²) in [7, 11) is 0. The van der Waals surface area contributed by atoms with Crippen molar-refractivity contribution in [3.8, 4) is 39.6 Å². The summed E-state index contributed by atoms with van der Waals surface area (Å²) in [6, 6.07) is 61.2. The van der Waals surface area contributed by atoms with Crippen molar-refractivity contribution >= 4 is 161 Å². The quantitative estimate of drug-likeness (QED) is 0.165. The van der Waals surface area contributed by atoms with E-state index < -0.39 is 54.4 Å². The monoisotopic (exact) mass is 1200 g/mol. The zero-order chi connectivity index (χ0) is 70.9. The van der Waals surface area contributed by atoms with Crippen molar-refractivity contribution in [1.82, 2.24) is 24.5 Å². The van der Waals surface area contributed by atoms with Crippen LogP contribution in [-0.4, -0.2) is 24.5 Å². The highest BCUT2D eigenvalue weighted by Crippen LogP contribution is 2.46. The van der Waals surface area contributed by atoms with Crippen LogP contribution >= 0.6 is 34.3 Å². The molecule has 20 rings (SSSR count). The second-order valence-corrected chi connectivity index (χ2v) is 24.3. The Kier molecular flexibility index (Phi) is 9.14. The molecule has 8 heteroatoms. The zero-order valence-electron chi connectivity index (χ0n) is 60.6. The Hall–Kier alpha value is -10.7. The summed E-state index contributed by atoms with van der Waals surface area (Å²) in [6.45, 7) is 0. The van der Waals surface area contributed by atoms with E-state index in [1.807, 2.05) is 77.4 Å². The number of rotatable bonds is 3. The van der Waals surface area contributed by atoms with Gasteiger partial charge in [0.05, 0.1) is 62.0 Å². The Labute approximate surface area is 543 Å². The number of hydrogen-bond acceptors (Lipinski definition) is 6. The molecule has 14 aromatic carbocycles. The predicted molar refractivity (Wildman–Crippen MR) is 380 cm³/mol. The topological polar surface area (TPSA) is 56.5 Å². The summed E-state index contributed by atoms with van der Waals surface area (Å²) >= 11 is 8.99. The Morgan fingerprint density at radius 3 is 1.54 bits per heavy atom. The van der Waals surface area contributed by atoms with E-state index in [-0.39, 0.29) is 79.6 Å². The average Bonchev–Trinajstić information content (AvgIpc) is 1.71. The molecule has 0 radical (unpaired) electrons. The first-order chi connectivity index (χ1) is 49.8. The van der Waals surface area contributed by atoms with E-state index in [1.54, 1.807) is 0 Å². The predicted octanol–water partition coefficient (Wildman–Crippen LogP) is 23.0. The number of hydrogen-bond donors (Lipinski definition) is 0. The molecule has 19 aromatic rings. The molecular formula is C81H48ClN5S2. The highest BCUT2D eigenvalue weighted by molar-refractivity contribution is 7.26. The normalized spacial score (nSPS) is 14.3. The summed E-state index contributed by atoms with van der Waals surface area (Å²) in [5, 5.41) is 12.9. The molecule has 1 aliphatic carbocycles. The smallest absolute Gasteiger partial charge is 0.235 e. The molecule has 5 heterocycles. The maximum Gasteiger partial charge on any atom is 0.235 e. The van der Waals surface area contributed by atoms with Gasteiger partial charge in [-0.25, -0.2) is 19.9 Å². The molecule has 1 aliphatic rings. The highest BCUT2D eigenvalue weighted by Gasteiger charge is 2.24. The lowest BCUT2D eigenvalue weighted by Gasteiger charge is -2.11. The average molecular weight is 1200 g/mol. The van der Waals surface area contributed by atoms with E-state index in [0.717, 1.165) is 69.9 Å². The van der Waals surface area contributed by atoms with Crippen LogP contribution < -0.4 is 0 Å². The lowest BCUT2D eigenvalue weighted by atomic mass is 9.96. The molecule has 0 amide bonds. The van der Waals surface area contributed by atoms with Crippen LogP contribution in [0, 0.1) is 0 Å². The van der Waals surface area contributed by atoms with Gasteiger partial charge in [0, 0.05) is 42.1 Å². The van der Waals surface area contributed by atoms with E-state index in [2.05, 4.69) is 131 Å². The molecule has 89 heavy (non-hydrogen) atoms. The minimum atomic E-state index is -0.505. The molecule has 5 aromatic heterocycles. The molecule has 0 saturated heterocycles. The number of benzene rings is 14. The van der Waals surface area contributed by atoms with Crippen molar-refractivity contribution in [2.45, 2.75) is 6.42 Å². The maximum atomic E-state index is 9.40. The summed E-state index contributed by atoms with van der Waals surface area (Å²) in [4.78, 5) is 19.0. The fourth-order valence-corrected chi connectivity index (χ4v) is 15.2. The number of nitrogens with zero attached hydrogens (tertiary/aromatic N) is 5. The molecule has 0 N–H and O–H groups in total. The fourth-order valence-electron chi connectivity index (χ4n) is 12.7. The van der Waals surface area contributed by atoms with Crippen LogP contribution in [0.25, 0.3) is 167 Å². The molecule has 416 valence electrons. The SMILES string of the molecule is [2H]c1c([2H])c([2H])c2c([2H])c(-c3nc(-n4c5cc6ccccc6cc5c5c6ccccc6ccc54)nc4c3sc3ccccc34)c([2H])c([2H])c2c1[2H].[2H]c1c([2H])c([2H])c2c([2H])c(-c3nc(Cl)nc4c3sc3ccccc34)c([2H])c([2H])c2c1[2H].c1ccc2cc3c(cc2c1)Cc1ccc2ccccc2c1-3. The van der Waals surface area contributed by atoms with Gasteiger partial charge in [-0.1, -0.05) is 230 Å². The van der Waals surface area contributed by atoms with Gasteiger partial charge in [-0.05, 0) is 153 Å². The Morgan fingerprint density at radius 1 is 0.382 bits per heavy atom. The van der Waals surface area contributed by atoms with Crippen molar-refractivity contribution in [2.75, 3.05) is 0 Å². The number of thiophene rings is 2. The first kappa shape index (κ1) is 39.2. The van der Waals surface area contributed by atoms with Crippen LogP contribution in [0.2, 0.25) is 5.28 Å². The van der Waals surface area contributed by atoms with Gasteiger partial charge in [0.15, 0.2) is 0 Å². The summed E-state index contributed by atoms with van der Waals surface area (Å²) in [5.74, 6) is 0.326. The van der Waals surface area contributed by atoms with E-state index >= 15 is 0 Å². The highest BCUT2D eigenvalue weighted by atomic mass is 35.5. The Bertz CT molecular complexity index is 7020. The van der Waals surface area contributed by atoms with Gasteiger partial charge in [0.25, 0.3) is 0 Å². The van der Waals surface area contributed by atoms with Crippen LogP contribution in [0.15, 0.2) is 279 Å². The molecule has 0 atom stereocenters. The first-order valence-corrected chi connectivity index (χ1v) is 30.8. The summed E-state index contributed by atoms with van der Waals surface area (Å²) in [6.07, 6.45) is 1.06. The van der Waals surface area contributed by atoms with Gasteiger partial charge in [-0.2, -0.15) is 0 Å². The fraction of sp³-hybridized carbons (Fsp3) is 0.0123. The summed E-state index contributed by atoms with van der Waals surface area (Å²) in [5.41, 5.74) is 9.22. The van der Waals surface area contributed by atoms with Gasteiger partial charge < -0.3 is 0 Å². The maximum absolute atomic E-state index is 9.40. The lowest BCUT2D eigenvalue weighted by Crippen LogP contribution is -2.02. The third-order valence-electron chi connectivity index (χ3n) is 16.7. The van der Waals surface area contributed by atoms with Gasteiger partial charge in [0.1, 0.15) is 0 Å². The van der Waals surface area contributed by atoms with Gasteiger partial charge in [-0.15, -0.1) is 22.7 Å². The van der Waals surface area contributed by atoms with Crippen LogP contribution in [0.4, 0.5) is 0 Å². The summed E-state index contributed by atoms with van der Waals surface area (Å²) < 4.78 is 125. The zero-order valence-corrected chi connectivity index (χ0v) is 49.0. The standard InChI is InChI=1S/C40H23N3S.C21H14.C20H11ClN2S/c1-2-11-26-21-29(18-17-24(26)9-1)37-39-38(31-15-7-8-16-35(31)44-39)42-40(41-37)43-33-20-19-25-10-5-6-14-30(25)36(33)32-22-27-12-3-4-13-28(27)23-34(32)43;1-2-7-16-13-20-18(11-15(16)6-1)12-17-10-9-14-5-3-4-8-19(14)21(17)20;21-20-22-17(14-10-9-12-5-1-2-6-13(12)11-14)19-18(23-20)15-7-3-4-8-16(15)24-19/h1-23H;1-11,13H,12H2;1-11H/i1D,2D,9D,11D,17D,18D,21D;;1D,2D,5D,6D,9D,10D,11D. The Morgan fingerprint density at radius 2 is 0.888 bits per heavy atom. The molecule has 0 bridgehead atoms. The second kappa shape index (κ2) is 20.8. The number of halogens is 1. The minimum absolute atomic E-state index is 0.0108. The van der Waals surface area contributed by atoms with Crippen molar-refractivity contribution in [3.63, 3.8) is 0 Å². The van der Waals surface area contributed by atoms with E-state index in [9.17, 15) is 2.74 Å². The largest absolute Gasteiger partial charge is 0.278 e. The molecule has 0 aliphatic heterocycles. The van der Waals surface area contributed by atoms with E-state index in [1.165, 1.54) is 66.5 Å².